The van der Waals surface area contributed by atoms with Crippen molar-refractivity contribution < 1.29 is 14.3 Å². The number of amides is 1. The zero-order valence-corrected chi connectivity index (χ0v) is 14.8. The zero-order valence-electron chi connectivity index (χ0n) is 14.8. The van der Waals surface area contributed by atoms with Gasteiger partial charge in [-0.05, 0) is 18.6 Å². The Morgan fingerprint density at radius 3 is 2.88 bits per heavy atom. The summed E-state index contributed by atoms with van der Waals surface area (Å²) in [5, 5.41) is 11.8. The Kier molecular flexibility index (Phi) is 5.62. The molecule has 0 bridgehead atoms. The van der Waals surface area contributed by atoms with Crippen LogP contribution >= 0.6 is 0 Å². The number of hydrogen-bond donors (Lipinski definition) is 0. The van der Waals surface area contributed by atoms with E-state index in [-0.39, 0.29) is 12.5 Å². The fourth-order valence-corrected chi connectivity index (χ4v) is 2.62. The summed E-state index contributed by atoms with van der Waals surface area (Å²) in [6.45, 7) is 3.05. The van der Waals surface area contributed by atoms with E-state index in [0.717, 1.165) is 17.7 Å². The van der Waals surface area contributed by atoms with Crippen molar-refractivity contribution in [2.24, 2.45) is 0 Å². The van der Waals surface area contributed by atoms with Crippen LogP contribution in [0, 0.1) is 0 Å². The van der Waals surface area contributed by atoms with E-state index in [1.807, 2.05) is 31.2 Å². The Bertz CT molecular complexity index is 880. The molecule has 8 nitrogen and oxygen atoms in total. The van der Waals surface area contributed by atoms with Crippen LogP contribution in [0.4, 0.5) is 0 Å². The number of nitrogens with zero attached hydrogens (tertiary/aromatic N) is 5. The molecule has 1 aromatic carbocycles. The molecule has 1 amide bonds. The van der Waals surface area contributed by atoms with Gasteiger partial charge in [-0.1, -0.05) is 25.1 Å². The summed E-state index contributed by atoms with van der Waals surface area (Å²) in [6, 6.07) is 11.1. The average molecular weight is 355 g/mol. The van der Waals surface area contributed by atoms with Gasteiger partial charge < -0.3 is 14.4 Å². The SMILES string of the molecule is CCCN(Cc1ccccc1OC)C(=O)COc1ccc2nncn2n1. The van der Waals surface area contributed by atoms with Crippen molar-refractivity contribution in [1.29, 1.82) is 0 Å². The summed E-state index contributed by atoms with van der Waals surface area (Å²) < 4.78 is 12.4. The Labute approximate surface area is 151 Å². The highest BCUT2D eigenvalue weighted by molar-refractivity contribution is 5.77. The van der Waals surface area contributed by atoms with Gasteiger partial charge in [-0.15, -0.1) is 15.3 Å². The van der Waals surface area contributed by atoms with Crippen molar-refractivity contribution >= 4 is 11.6 Å². The zero-order chi connectivity index (χ0) is 18.4. The van der Waals surface area contributed by atoms with E-state index in [0.29, 0.717) is 24.6 Å². The molecule has 3 rings (SSSR count). The number of aromatic nitrogens is 4. The molecule has 2 heterocycles. The number of carbonyl (C=O) groups excluding carboxylic acids is 1. The molecule has 3 aromatic rings. The van der Waals surface area contributed by atoms with Gasteiger partial charge in [0.2, 0.25) is 5.88 Å². The third-order valence-corrected chi connectivity index (χ3v) is 3.88. The first kappa shape index (κ1) is 17.7. The Balaban J connectivity index is 1.66. The lowest BCUT2D eigenvalue weighted by Gasteiger charge is -2.23. The van der Waals surface area contributed by atoms with Gasteiger partial charge in [-0.25, -0.2) is 0 Å². The lowest BCUT2D eigenvalue weighted by atomic mass is 10.2. The van der Waals surface area contributed by atoms with Gasteiger partial charge in [0.25, 0.3) is 5.91 Å². The predicted octanol–water partition coefficient (Wildman–Crippen LogP) is 1.95. The largest absolute Gasteiger partial charge is 0.496 e. The summed E-state index contributed by atoms with van der Waals surface area (Å²) in [5.41, 5.74) is 1.58. The van der Waals surface area contributed by atoms with E-state index in [1.54, 1.807) is 24.1 Å². The second-order valence-electron chi connectivity index (χ2n) is 5.72. The number of hydrogen-bond acceptors (Lipinski definition) is 6. The van der Waals surface area contributed by atoms with Crippen LogP contribution in [0.15, 0.2) is 42.7 Å². The Hall–Kier alpha value is -3.16. The third kappa shape index (κ3) is 4.08. The highest BCUT2D eigenvalue weighted by atomic mass is 16.5. The minimum Gasteiger partial charge on any atom is -0.496 e. The molecule has 0 spiro atoms. The first-order valence-corrected chi connectivity index (χ1v) is 8.40. The topological polar surface area (TPSA) is 81.8 Å². The second kappa shape index (κ2) is 8.28. The second-order valence-corrected chi connectivity index (χ2v) is 5.72. The van der Waals surface area contributed by atoms with Gasteiger partial charge in [0.1, 0.15) is 12.1 Å². The fraction of sp³-hybridized carbons (Fsp3) is 0.333. The lowest BCUT2D eigenvalue weighted by molar-refractivity contribution is -0.134. The molecule has 0 fully saturated rings. The van der Waals surface area contributed by atoms with Gasteiger partial charge in [0, 0.05) is 24.7 Å². The summed E-state index contributed by atoms with van der Waals surface area (Å²) in [7, 11) is 1.63. The number of rotatable bonds is 8. The van der Waals surface area contributed by atoms with Crippen LogP contribution in [0.3, 0.4) is 0 Å². The average Bonchev–Trinajstić information content (AvgIpc) is 3.14. The maximum atomic E-state index is 12.6. The number of carbonyl (C=O) groups is 1. The molecule has 0 aliphatic heterocycles. The van der Waals surface area contributed by atoms with Crippen LogP contribution < -0.4 is 9.47 Å². The number of methoxy groups -OCH3 is 1. The molecule has 0 atom stereocenters. The monoisotopic (exact) mass is 355 g/mol. The van der Waals surface area contributed by atoms with Gasteiger partial charge in [-0.2, -0.15) is 4.52 Å². The molecular formula is C18H21N5O3. The molecule has 0 unspecified atom stereocenters. The van der Waals surface area contributed by atoms with E-state index >= 15 is 0 Å². The fourth-order valence-electron chi connectivity index (χ4n) is 2.62. The number of benzene rings is 1. The molecule has 2 aromatic heterocycles. The number of fused-ring (bicyclic) bond motifs is 1. The standard InChI is InChI=1S/C18H21N5O3/c1-3-10-22(11-14-6-4-5-7-15(14)25-2)18(24)12-26-17-9-8-16-20-19-13-23(16)21-17/h4-9,13H,3,10-12H2,1-2H3. The predicted molar refractivity (Wildman–Crippen MR) is 95.0 cm³/mol. The van der Waals surface area contributed by atoms with Crippen LogP contribution in [-0.4, -0.2) is 50.9 Å². The van der Waals surface area contributed by atoms with Crippen molar-refractivity contribution in [2.45, 2.75) is 19.9 Å². The molecule has 0 N–H and O–H groups in total. The maximum absolute atomic E-state index is 12.6. The molecule has 8 heteroatoms. The van der Waals surface area contributed by atoms with Crippen LogP contribution in [0.2, 0.25) is 0 Å². The highest BCUT2D eigenvalue weighted by Crippen LogP contribution is 2.19. The van der Waals surface area contributed by atoms with Gasteiger partial charge >= 0.3 is 0 Å². The molecule has 0 aliphatic carbocycles. The van der Waals surface area contributed by atoms with E-state index < -0.39 is 0 Å². The van der Waals surface area contributed by atoms with E-state index in [1.165, 1.54) is 10.8 Å². The van der Waals surface area contributed by atoms with Crippen molar-refractivity contribution in [2.75, 3.05) is 20.3 Å². The van der Waals surface area contributed by atoms with Crippen molar-refractivity contribution in [3.63, 3.8) is 0 Å². The van der Waals surface area contributed by atoms with Crippen LogP contribution in [-0.2, 0) is 11.3 Å². The van der Waals surface area contributed by atoms with Crippen molar-refractivity contribution in [3.8, 4) is 11.6 Å². The lowest BCUT2D eigenvalue weighted by Crippen LogP contribution is -2.35. The number of ether oxygens (including phenoxy) is 2. The summed E-state index contributed by atoms with van der Waals surface area (Å²) in [5.74, 6) is 1.00. The Morgan fingerprint density at radius 1 is 1.23 bits per heavy atom. The molecule has 0 saturated heterocycles. The Morgan fingerprint density at radius 2 is 2.08 bits per heavy atom. The number of para-hydroxylation sites is 1. The van der Waals surface area contributed by atoms with Gasteiger partial charge in [-0.3, -0.25) is 4.79 Å². The smallest absolute Gasteiger partial charge is 0.260 e. The van der Waals surface area contributed by atoms with Crippen LogP contribution in [0.25, 0.3) is 5.65 Å². The van der Waals surface area contributed by atoms with Crippen LogP contribution in [0.5, 0.6) is 11.6 Å². The summed E-state index contributed by atoms with van der Waals surface area (Å²) >= 11 is 0. The van der Waals surface area contributed by atoms with E-state index in [9.17, 15) is 4.79 Å². The normalized spacial score (nSPS) is 10.7. The summed E-state index contributed by atoms with van der Waals surface area (Å²) in [4.78, 5) is 14.4. The molecule has 136 valence electrons. The molecule has 0 saturated carbocycles. The highest BCUT2D eigenvalue weighted by Gasteiger charge is 2.16. The molecule has 0 aliphatic rings. The maximum Gasteiger partial charge on any atom is 0.260 e. The first-order chi connectivity index (χ1) is 12.7. The van der Waals surface area contributed by atoms with Crippen LogP contribution in [0.1, 0.15) is 18.9 Å². The van der Waals surface area contributed by atoms with E-state index in [4.69, 9.17) is 9.47 Å². The van der Waals surface area contributed by atoms with E-state index in [2.05, 4.69) is 15.3 Å². The minimum absolute atomic E-state index is 0.0875. The minimum atomic E-state index is -0.108. The summed E-state index contributed by atoms with van der Waals surface area (Å²) in [6.07, 6.45) is 2.33. The van der Waals surface area contributed by atoms with Crippen molar-refractivity contribution in [1.82, 2.24) is 24.7 Å². The molecular weight excluding hydrogens is 334 g/mol. The molecule has 0 radical (unpaired) electrons. The quantitative estimate of drug-likeness (QED) is 0.614. The van der Waals surface area contributed by atoms with Gasteiger partial charge in [0.05, 0.1) is 7.11 Å². The molecule has 26 heavy (non-hydrogen) atoms. The first-order valence-electron chi connectivity index (χ1n) is 8.40. The van der Waals surface area contributed by atoms with Crippen molar-refractivity contribution in [3.05, 3.63) is 48.3 Å². The van der Waals surface area contributed by atoms with Gasteiger partial charge in [0.15, 0.2) is 12.3 Å². The third-order valence-electron chi connectivity index (χ3n) is 3.88.